The Hall–Kier alpha value is -3.24. The summed E-state index contributed by atoms with van der Waals surface area (Å²) in [4.78, 5) is 40.0. The second-order valence-corrected chi connectivity index (χ2v) is 3.97. The molecule has 0 spiro atoms. The van der Waals surface area contributed by atoms with Gasteiger partial charge in [0.1, 0.15) is 0 Å². The van der Waals surface area contributed by atoms with E-state index in [1.807, 2.05) is 10.2 Å². The van der Waals surface area contributed by atoms with Crippen LogP contribution in [0.4, 0.5) is 14.5 Å². The topological polar surface area (TPSA) is 135 Å². The number of nitro benzene ring substituents is 1. The van der Waals surface area contributed by atoms with Crippen LogP contribution in [-0.2, 0) is 0 Å². The van der Waals surface area contributed by atoms with Crippen molar-refractivity contribution in [2.75, 3.05) is 0 Å². The molecule has 9 nitrogen and oxygen atoms in total. The Morgan fingerprint density at radius 3 is 2.19 bits per heavy atom. The van der Waals surface area contributed by atoms with Crippen LogP contribution in [0.1, 0.15) is 0 Å². The molecule has 106 valence electrons. The lowest BCUT2D eigenvalue weighted by Gasteiger charge is -2.02. The van der Waals surface area contributed by atoms with Gasteiger partial charge < -0.3 is 0 Å². The van der Waals surface area contributed by atoms with Gasteiger partial charge in [-0.1, -0.05) is 0 Å². The largest absolute Gasteiger partial charge is 0.335 e. The lowest BCUT2D eigenvalue weighted by Crippen LogP contribution is -2.21. The highest BCUT2D eigenvalue weighted by Crippen LogP contribution is 2.28. The second-order valence-electron chi connectivity index (χ2n) is 3.97. The predicted molar refractivity (Wildman–Crippen MR) is 64.9 cm³/mol. The van der Waals surface area contributed by atoms with Gasteiger partial charge in [-0.15, -0.1) is 0 Å². The number of rotatable bonds is 1. The molecule has 2 heterocycles. The minimum atomic E-state index is -1.72. The van der Waals surface area contributed by atoms with Crippen molar-refractivity contribution < 1.29 is 13.7 Å². The average Bonchev–Trinajstić information content (AvgIpc) is 2.43. The van der Waals surface area contributed by atoms with Gasteiger partial charge in [0.25, 0.3) is 11.1 Å². The summed E-state index contributed by atoms with van der Waals surface area (Å²) in [7, 11) is 0. The van der Waals surface area contributed by atoms with E-state index in [4.69, 9.17) is 0 Å². The van der Waals surface area contributed by atoms with E-state index in [-0.39, 0.29) is 0 Å². The van der Waals surface area contributed by atoms with E-state index >= 15 is 0 Å². The monoisotopic (exact) mass is 295 g/mol. The van der Waals surface area contributed by atoms with Crippen LogP contribution in [0.2, 0.25) is 0 Å². The zero-order valence-electron chi connectivity index (χ0n) is 9.81. The van der Waals surface area contributed by atoms with Crippen LogP contribution in [0.25, 0.3) is 22.1 Å². The van der Waals surface area contributed by atoms with E-state index in [9.17, 15) is 28.5 Å². The molecule has 0 saturated heterocycles. The van der Waals surface area contributed by atoms with Gasteiger partial charge in [0.05, 0.1) is 10.4 Å². The molecule has 3 rings (SSSR count). The van der Waals surface area contributed by atoms with Crippen molar-refractivity contribution in [3.63, 3.8) is 0 Å². The molecule has 0 bridgehead atoms. The summed E-state index contributed by atoms with van der Waals surface area (Å²) in [5.41, 5.74) is -4.94. The lowest BCUT2D eigenvalue weighted by molar-refractivity contribution is -0.386. The Bertz CT molecular complexity index is 1040. The molecule has 3 aromatic rings. The van der Waals surface area contributed by atoms with Crippen LogP contribution in [0, 0.1) is 21.7 Å². The SMILES string of the molecule is O=c1[nH][nH]c(=O)c2nc3c([N+](=O)[O-])c(F)c(F)cc3nc12. The van der Waals surface area contributed by atoms with Gasteiger partial charge in [0.2, 0.25) is 5.82 Å². The number of hydrogen-bond donors (Lipinski definition) is 2. The van der Waals surface area contributed by atoms with E-state index in [1.165, 1.54) is 0 Å². The van der Waals surface area contributed by atoms with Gasteiger partial charge in [-0.2, -0.15) is 4.39 Å². The Morgan fingerprint density at radius 1 is 1.05 bits per heavy atom. The standard InChI is InChI=1S/C10H3F2N5O4/c11-2-1-3-5(8(4(2)12)17(20)21)14-7-6(13-3)9(18)15-16-10(7)19/h1H,(H,15,18)(H,16,19). The first kappa shape index (κ1) is 12.8. The molecule has 1 aromatic carbocycles. The van der Waals surface area contributed by atoms with Crippen LogP contribution < -0.4 is 11.1 Å². The molecule has 21 heavy (non-hydrogen) atoms. The van der Waals surface area contributed by atoms with E-state index in [0.29, 0.717) is 6.07 Å². The van der Waals surface area contributed by atoms with Crippen molar-refractivity contribution in [2.45, 2.75) is 0 Å². The van der Waals surface area contributed by atoms with Crippen molar-refractivity contribution in [3.8, 4) is 0 Å². The summed E-state index contributed by atoms with van der Waals surface area (Å²) in [6.07, 6.45) is 0. The van der Waals surface area contributed by atoms with Crippen LogP contribution in [0.15, 0.2) is 15.7 Å². The molecule has 2 N–H and O–H groups in total. The number of aromatic nitrogens is 4. The molecule has 11 heteroatoms. The quantitative estimate of drug-likeness (QED) is 0.377. The van der Waals surface area contributed by atoms with E-state index in [2.05, 4.69) is 9.97 Å². The molecule has 0 unspecified atom stereocenters. The number of nitrogens with zero attached hydrogens (tertiary/aromatic N) is 3. The molecular weight excluding hydrogens is 292 g/mol. The number of fused-ring (bicyclic) bond motifs is 2. The number of nitrogens with one attached hydrogen (secondary N) is 2. The summed E-state index contributed by atoms with van der Waals surface area (Å²) in [5.74, 6) is -3.23. The highest BCUT2D eigenvalue weighted by Gasteiger charge is 2.26. The Morgan fingerprint density at radius 2 is 1.62 bits per heavy atom. The maximum absolute atomic E-state index is 13.5. The zero-order chi connectivity index (χ0) is 15.3. The number of hydrogen-bond acceptors (Lipinski definition) is 6. The van der Waals surface area contributed by atoms with Crippen LogP contribution in [0.3, 0.4) is 0 Å². The van der Waals surface area contributed by atoms with Crippen molar-refractivity contribution >= 4 is 27.8 Å². The summed E-state index contributed by atoms with van der Waals surface area (Å²) in [6, 6.07) is 0.560. The summed E-state index contributed by atoms with van der Waals surface area (Å²) < 4.78 is 26.9. The molecule has 0 aliphatic rings. The maximum atomic E-state index is 13.5. The Balaban J connectivity index is 2.65. The molecule has 0 fully saturated rings. The van der Waals surface area contributed by atoms with Gasteiger partial charge >= 0.3 is 5.69 Å². The smallest absolute Gasteiger partial charge is 0.266 e. The van der Waals surface area contributed by atoms with Crippen molar-refractivity contribution in [1.29, 1.82) is 0 Å². The highest BCUT2D eigenvalue weighted by atomic mass is 19.2. The summed E-state index contributed by atoms with van der Waals surface area (Å²) in [6.45, 7) is 0. The first-order chi connectivity index (χ1) is 9.90. The average molecular weight is 295 g/mol. The zero-order valence-corrected chi connectivity index (χ0v) is 9.81. The van der Waals surface area contributed by atoms with Crippen LogP contribution in [-0.4, -0.2) is 25.1 Å². The molecule has 0 aliphatic carbocycles. The Kier molecular flexibility index (Phi) is 2.51. The number of aromatic amines is 2. The predicted octanol–water partition coefficient (Wildman–Crippen LogP) is 0.346. The molecule has 0 aliphatic heterocycles. The second kappa shape index (κ2) is 4.13. The third-order valence-electron chi connectivity index (χ3n) is 2.73. The van der Waals surface area contributed by atoms with Crippen LogP contribution in [0.5, 0.6) is 0 Å². The first-order valence-electron chi connectivity index (χ1n) is 5.35. The van der Waals surface area contributed by atoms with E-state index in [0.717, 1.165) is 0 Å². The highest BCUT2D eigenvalue weighted by molar-refractivity contribution is 5.90. The minimum absolute atomic E-state index is 0.413. The molecule has 0 amide bonds. The number of halogens is 2. The summed E-state index contributed by atoms with van der Waals surface area (Å²) >= 11 is 0. The normalized spacial score (nSPS) is 11.1. The number of benzene rings is 1. The maximum Gasteiger partial charge on any atom is 0.335 e. The van der Waals surface area contributed by atoms with Gasteiger partial charge in [0, 0.05) is 6.07 Å². The number of nitro groups is 1. The third kappa shape index (κ3) is 1.74. The molecule has 0 radical (unpaired) electrons. The van der Waals surface area contributed by atoms with Crippen molar-refractivity contribution in [3.05, 3.63) is 48.5 Å². The summed E-state index contributed by atoms with van der Waals surface area (Å²) in [5, 5.41) is 14.8. The fraction of sp³-hybridized carbons (Fsp3) is 0. The fourth-order valence-corrected chi connectivity index (χ4v) is 1.84. The molecule has 0 atom stereocenters. The molecule has 0 saturated carbocycles. The van der Waals surface area contributed by atoms with Crippen molar-refractivity contribution in [2.24, 2.45) is 0 Å². The van der Waals surface area contributed by atoms with Gasteiger partial charge in [-0.05, 0) is 0 Å². The minimum Gasteiger partial charge on any atom is -0.266 e. The third-order valence-corrected chi connectivity index (χ3v) is 2.73. The van der Waals surface area contributed by atoms with Crippen LogP contribution >= 0.6 is 0 Å². The lowest BCUT2D eigenvalue weighted by atomic mass is 10.2. The van der Waals surface area contributed by atoms with Gasteiger partial charge in [-0.3, -0.25) is 29.9 Å². The van der Waals surface area contributed by atoms with E-state index < -0.39 is 55.4 Å². The molecular formula is C10H3F2N5O4. The number of H-pyrrole nitrogens is 2. The Labute approximate surface area is 111 Å². The van der Waals surface area contributed by atoms with E-state index in [1.54, 1.807) is 0 Å². The van der Waals surface area contributed by atoms with Gasteiger partial charge in [-0.25, -0.2) is 14.4 Å². The first-order valence-corrected chi connectivity index (χ1v) is 5.35. The van der Waals surface area contributed by atoms with Gasteiger partial charge in [0.15, 0.2) is 22.4 Å². The van der Waals surface area contributed by atoms with Crippen molar-refractivity contribution in [1.82, 2.24) is 20.2 Å². The molecule has 2 aromatic heterocycles. The fourth-order valence-electron chi connectivity index (χ4n) is 1.84.